The molecule has 1 atom stereocenters. The highest BCUT2D eigenvalue weighted by Gasteiger charge is 2.22. The fraction of sp³-hybridized carbons (Fsp3) is 0.519. The van der Waals surface area contributed by atoms with Gasteiger partial charge < -0.3 is 25.4 Å². The number of alkyl halides is 1. The van der Waals surface area contributed by atoms with Crippen molar-refractivity contribution >= 4 is 17.9 Å². The number of aliphatic carboxylic acids is 1. The number of benzene rings is 1. The number of carbonyl (C=O) groups is 2. The second-order valence-corrected chi connectivity index (χ2v) is 9.07. The third-order valence-corrected chi connectivity index (χ3v) is 6.25. The number of anilines is 1. The van der Waals surface area contributed by atoms with E-state index in [1.54, 1.807) is 0 Å². The van der Waals surface area contributed by atoms with E-state index in [0.717, 1.165) is 62.3 Å². The van der Waals surface area contributed by atoms with Crippen molar-refractivity contribution in [3.63, 3.8) is 0 Å². The van der Waals surface area contributed by atoms with Crippen molar-refractivity contribution in [1.29, 1.82) is 0 Å². The van der Waals surface area contributed by atoms with Crippen LogP contribution in [0.2, 0.25) is 0 Å². The van der Waals surface area contributed by atoms with Crippen LogP contribution >= 0.6 is 0 Å². The van der Waals surface area contributed by atoms with Gasteiger partial charge in [0.2, 0.25) is 0 Å². The number of pyridine rings is 1. The summed E-state index contributed by atoms with van der Waals surface area (Å²) in [6, 6.07) is 12.3. The second kappa shape index (κ2) is 15.0. The van der Waals surface area contributed by atoms with E-state index in [4.69, 9.17) is 9.72 Å². The van der Waals surface area contributed by atoms with E-state index < -0.39 is 24.8 Å². The van der Waals surface area contributed by atoms with Crippen LogP contribution in [0.3, 0.4) is 0 Å². The highest BCUT2D eigenvalue weighted by molar-refractivity contribution is 5.79. The minimum Gasteiger partial charge on any atom is -0.480 e. The zero-order valence-electron chi connectivity index (χ0n) is 20.8. The van der Waals surface area contributed by atoms with Crippen molar-refractivity contribution in [2.24, 2.45) is 0 Å². The molecule has 0 unspecified atom stereocenters. The topological polar surface area (TPSA) is 104 Å². The number of alkyl carbamates (subject to hydrolysis) is 1. The number of carboxylic acid groups (broad SMARTS) is 1. The van der Waals surface area contributed by atoms with Gasteiger partial charge in [-0.1, -0.05) is 36.4 Å². The number of nitrogens with zero attached hydrogens (tertiary/aromatic N) is 2. The number of aromatic nitrogens is 1. The van der Waals surface area contributed by atoms with Gasteiger partial charge in [0.05, 0.1) is 6.67 Å². The summed E-state index contributed by atoms with van der Waals surface area (Å²) in [5, 5.41) is 15.4. The zero-order valence-corrected chi connectivity index (χ0v) is 20.8. The molecule has 9 heteroatoms. The third kappa shape index (κ3) is 9.45. The molecule has 0 spiro atoms. The number of ether oxygens (including phenoxy) is 1. The molecule has 0 bridgehead atoms. The maximum Gasteiger partial charge on any atom is 0.408 e. The Labute approximate surface area is 212 Å². The Morgan fingerprint density at radius 2 is 1.92 bits per heavy atom. The predicted molar refractivity (Wildman–Crippen MR) is 137 cm³/mol. The molecule has 196 valence electrons. The fourth-order valence-electron chi connectivity index (χ4n) is 4.24. The molecular formula is C27H37FN4O4. The molecule has 2 heterocycles. The van der Waals surface area contributed by atoms with Crippen molar-refractivity contribution in [3.05, 3.63) is 59.3 Å². The maximum absolute atomic E-state index is 12.8. The molecule has 1 amide bonds. The van der Waals surface area contributed by atoms with Gasteiger partial charge in [-0.3, -0.25) is 4.39 Å². The van der Waals surface area contributed by atoms with E-state index in [1.807, 2.05) is 30.3 Å². The summed E-state index contributed by atoms with van der Waals surface area (Å²) in [5.41, 5.74) is 3.15. The average Bonchev–Trinajstić information content (AvgIpc) is 2.90. The van der Waals surface area contributed by atoms with Crippen LogP contribution in [0, 0.1) is 0 Å². The zero-order chi connectivity index (χ0) is 25.6. The lowest BCUT2D eigenvalue weighted by Gasteiger charge is -2.24. The van der Waals surface area contributed by atoms with Crippen molar-refractivity contribution in [2.75, 3.05) is 38.2 Å². The van der Waals surface area contributed by atoms with Crippen molar-refractivity contribution < 1.29 is 23.8 Å². The number of hydrogen-bond acceptors (Lipinski definition) is 6. The summed E-state index contributed by atoms with van der Waals surface area (Å²) >= 11 is 0. The van der Waals surface area contributed by atoms with Crippen LogP contribution in [-0.2, 0) is 29.0 Å². The molecule has 8 nitrogen and oxygen atoms in total. The first kappa shape index (κ1) is 27.4. The third-order valence-electron chi connectivity index (χ3n) is 6.25. The van der Waals surface area contributed by atoms with Gasteiger partial charge in [0, 0.05) is 25.3 Å². The Morgan fingerprint density at radius 1 is 1.11 bits per heavy atom. The highest BCUT2D eigenvalue weighted by atomic mass is 19.1. The van der Waals surface area contributed by atoms with Crippen molar-refractivity contribution in [2.45, 2.75) is 57.6 Å². The van der Waals surface area contributed by atoms with Crippen LogP contribution in [-0.4, -0.2) is 65.9 Å². The van der Waals surface area contributed by atoms with E-state index in [0.29, 0.717) is 19.5 Å². The lowest BCUT2D eigenvalue weighted by Crippen LogP contribution is -2.43. The van der Waals surface area contributed by atoms with Crippen LogP contribution < -0.4 is 10.6 Å². The minimum absolute atomic E-state index is 0.0662. The number of carboxylic acids is 1. The van der Waals surface area contributed by atoms with E-state index >= 15 is 0 Å². The molecule has 3 rings (SSSR count). The second-order valence-electron chi connectivity index (χ2n) is 9.07. The Kier molecular flexibility index (Phi) is 11.4. The molecule has 36 heavy (non-hydrogen) atoms. The molecule has 2 aromatic rings. The van der Waals surface area contributed by atoms with Gasteiger partial charge in [0.25, 0.3) is 0 Å². The molecule has 1 aliphatic heterocycles. The Balaban J connectivity index is 1.41. The summed E-state index contributed by atoms with van der Waals surface area (Å²) in [4.78, 5) is 30.6. The van der Waals surface area contributed by atoms with Gasteiger partial charge in [-0.25, -0.2) is 14.6 Å². The molecule has 0 saturated heterocycles. The van der Waals surface area contributed by atoms with Crippen molar-refractivity contribution in [1.82, 2.24) is 15.2 Å². The molecule has 0 aliphatic carbocycles. The van der Waals surface area contributed by atoms with Gasteiger partial charge in [0.15, 0.2) is 0 Å². The number of halogens is 1. The van der Waals surface area contributed by atoms with Crippen LogP contribution in [0.4, 0.5) is 15.0 Å². The minimum atomic E-state index is -1.12. The number of nitrogens with one attached hydrogen (secondary N) is 2. The first-order chi connectivity index (χ1) is 17.5. The summed E-state index contributed by atoms with van der Waals surface area (Å²) in [7, 11) is 0. The Bertz CT molecular complexity index is 960. The molecular weight excluding hydrogens is 463 g/mol. The average molecular weight is 501 g/mol. The normalized spacial score (nSPS) is 13.5. The molecule has 1 aromatic heterocycles. The first-order valence-electron chi connectivity index (χ1n) is 12.8. The fourth-order valence-corrected chi connectivity index (χ4v) is 4.24. The smallest absolute Gasteiger partial charge is 0.408 e. The number of amides is 1. The first-order valence-corrected chi connectivity index (χ1v) is 12.8. The van der Waals surface area contributed by atoms with Gasteiger partial charge in [0.1, 0.15) is 18.5 Å². The van der Waals surface area contributed by atoms with E-state index in [-0.39, 0.29) is 13.0 Å². The van der Waals surface area contributed by atoms with Crippen LogP contribution in [0.1, 0.15) is 48.9 Å². The molecule has 0 saturated carbocycles. The Hall–Kier alpha value is -3.20. The summed E-state index contributed by atoms with van der Waals surface area (Å²) in [6.45, 7) is 2.32. The number of aryl methyl sites for hydroxylation is 2. The molecule has 1 aliphatic rings. The van der Waals surface area contributed by atoms with E-state index in [9.17, 15) is 19.1 Å². The number of carbonyl (C=O) groups excluding carboxylic acids is 1. The summed E-state index contributed by atoms with van der Waals surface area (Å²) < 4.78 is 18.0. The Morgan fingerprint density at radius 3 is 2.69 bits per heavy atom. The largest absolute Gasteiger partial charge is 0.480 e. The number of unbranched alkanes of at least 4 members (excludes halogenated alkanes) is 1. The molecule has 3 N–H and O–H groups in total. The quantitative estimate of drug-likeness (QED) is 0.315. The lowest BCUT2D eigenvalue weighted by molar-refractivity contribution is -0.139. The SMILES string of the molecule is O=C(N[C@@H](CCN(CCCF)CCCCc1ccc2c(n1)NCCC2)C(=O)O)OCc1ccccc1. The monoisotopic (exact) mass is 500 g/mol. The molecule has 1 aromatic carbocycles. The predicted octanol–water partition coefficient (Wildman–Crippen LogP) is 4.19. The number of hydrogen-bond donors (Lipinski definition) is 3. The standard InChI is InChI=1S/C27H37FN4O4/c28-15-7-18-32(17-5-4-11-23-13-12-22-10-6-16-29-25(22)30-23)19-14-24(26(33)34)31-27(35)36-20-21-8-2-1-3-9-21/h1-3,8-9,12-13,24H,4-7,10-11,14-20H2,(H,29,30)(H,31,35)(H,33,34)/t24-/m0/s1. The lowest BCUT2D eigenvalue weighted by atomic mass is 10.1. The van der Waals surface area contributed by atoms with Crippen LogP contribution in [0.25, 0.3) is 0 Å². The van der Waals surface area contributed by atoms with E-state index in [1.165, 1.54) is 5.56 Å². The van der Waals surface area contributed by atoms with Gasteiger partial charge in [-0.15, -0.1) is 0 Å². The van der Waals surface area contributed by atoms with Crippen LogP contribution in [0.5, 0.6) is 0 Å². The van der Waals surface area contributed by atoms with Crippen LogP contribution in [0.15, 0.2) is 42.5 Å². The summed E-state index contributed by atoms with van der Waals surface area (Å²) in [6.07, 6.45) is 4.72. The van der Waals surface area contributed by atoms with Crippen molar-refractivity contribution in [3.8, 4) is 0 Å². The highest BCUT2D eigenvalue weighted by Crippen LogP contribution is 2.20. The van der Waals surface area contributed by atoms with Gasteiger partial charge >= 0.3 is 12.1 Å². The van der Waals surface area contributed by atoms with E-state index in [2.05, 4.69) is 27.7 Å². The number of rotatable bonds is 15. The van der Waals surface area contributed by atoms with Gasteiger partial charge in [-0.2, -0.15) is 0 Å². The maximum atomic E-state index is 12.8. The van der Waals surface area contributed by atoms with Gasteiger partial charge in [-0.05, 0) is 68.7 Å². The summed E-state index contributed by atoms with van der Waals surface area (Å²) in [5.74, 6) is -0.123. The molecule has 0 fully saturated rings. The molecule has 0 radical (unpaired) electrons. The number of fused-ring (bicyclic) bond motifs is 1.